The van der Waals surface area contributed by atoms with Crippen LogP contribution >= 0.6 is 0 Å². The molecule has 15 heavy (non-hydrogen) atoms. The Balaban J connectivity index is 2.19. The van der Waals surface area contributed by atoms with E-state index in [1.54, 1.807) is 12.1 Å². The molecule has 1 aromatic rings. The first-order valence-corrected chi connectivity index (χ1v) is 5.16. The van der Waals surface area contributed by atoms with Gasteiger partial charge in [-0.1, -0.05) is 12.1 Å². The molecule has 3 nitrogen and oxygen atoms in total. The quantitative estimate of drug-likeness (QED) is 0.771. The normalized spacial score (nSPS) is 20.9. The largest absolute Gasteiger partial charge is 0.364 e. The lowest BCUT2D eigenvalue weighted by molar-refractivity contribution is 0.124. The highest BCUT2D eigenvalue weighted by Crippen LogP contribution is 2.27. The predicted molar refractivity (Wildman–Crippen MR) is 56.9 cm³/mol. The van der Waals surface area contributed by atoms with E-state index in [0.717, 1.165) is 19.4 Å². The Hall–Kier alpha value is -1.13. The Morgan fingerprint density at radius 1 is 1.47 bits per heavy atom. The van der Waals surface area contributed by atoms with Gasteiger partial charge < -0.3 is 9.74 Å². The van der Waals surface area contributed by atoms with Crippen molar-refractivity contribution in [2.24, 2.45) is 5.90 Å². The van der Waals surface area contributed by atoms with Gasteiger partial charge in [0.15, 0.2) is 0 Å². The molecule has 0 bridgehead atoms. The number of rotatable bonds is 3. The lowest BCUT2D eigenvalue weighted by Crippen LogP contribution is -2.34. The summed E-state index contributed by atoms with van der Waals surface area (Å²) in [7, 11) is 0. The minimum absolute atomic E-state index is 0.179. The van der Waals surface area contributed by atoms with Crippen molar-refractivity contribution < 1.29 is 9.23 Å². The van der Waals surface area contributed by atoms with Gasteiger partial charge in [-0.15, -0.1) is 0 Å². The Bertz CT molecular complexity index is 332. The van der Waals surface area contributed by atoms with Crippen LogP contribution in [0.5, 0.6) is 0 Å². The zero-order chi connectivity index (χ0) is 10.7. The first-order chi connectivity index (χ1) is 7.33. The fraction of sp³-hybridized carbons (Fsp3) is 0.455. The highest BCUT2D eigenvalue weighted by molar-refractivity contribution is 5.49. The number of nitrogens with zero attached hydrogens (tertiary/aromatic N) is 1. The van der Waals surface area contributed by atoms with Crippen molar-refractivity contribution in [3.63, 3.8) is 0 Å². The molecule has 1 aliphatic heterocycles. The number of hydrogen-bond acceptors (Lipinski definition) is 3. The third-order valence-electron chi connectivity index (χ3n) is 2.83. The number of nitrogens with two attached hydrogens (primary N) is 1. The van der Waals surface area contributed by atoms with Gasteiger partial charge >= 0.3 is 0 Å². The molecule has 1 fully saturated rings. The SMILES string of the molecule is NOCC1CCCN1c1ccccc1F. The standard InChI is InChI=1S/C11H15FN2O/c12-10-5-1-2-6-11(10)14-7-3-4-9(14)8-15-13/h1-2,5-6,9H,3-4,7-8,13H2. The zero-order valence-corrected chi connectivity index (χ0v) is 8.53. The first kappa shape index (κ1) is 10.4. The molecule has 0 saturated carbocycles. The van der Waals surface area contributed by atoms with Gasteiger partial charge in [-0.25, -0.2) is 10.3 Å². The van der Waals surface area contributed by atoms with Gasteiger partial charge in [0.05, 0.1) is 18.3 Å². The molecule has 0 amide bonds. The summed E-state index contributed by atoms with van der Waals surface area (Å²) in [6.07, 6.45) is 2.06. The maximum atomic E-state index is 13.5. The average molecular weight is 210 g/mol. The number of halogens is 1. The van der Waals surface area contributed by atoms with Crippen molar-refractivity contribution >= 4 is 5.69 Å². The minimum atomic E-state index is -0.179. The molecule has 1 unspecified atom stereocenters. The fourth-order valence-corrected chi connectivity index (χ4v) is 2.12. The van der Waals surface area contributed by atoms with E-state index in [9.17, 15) is 4.39 Å². The maximum absolute atomic E-state index is 13.5. The van der Waals surface area contributed by atoms with Gasteiger partial charge in [0.2, 0.25) is 0 Å². The summed E-state index contributed by atoms with van der Waals surface area (Å²) in [4.78, 5) is 6.68. The number of para-hydroxylation sites is 1. The summed E-state index contributed by atoms with van der Waals surface area (Å²) in [6, 6.07) is 7.02. The van der Waals surface area contributed by atoms with Crippen molar-refractivity contribution in [3.8, 4) is 0 Å². The van der Waals surface area contributed by atoms with Crippen LogP contribution in [0.3, 0.4) is 0 Å². The van der Waals surface area contributed by atoms with Crippen molar-refractivity contribution in [3.05, 3.63) is 30.1 Å². The Labute approximate surface area is 88.6 Å². The summed E-state index contributed by atoms with van der Waals surface area (Å²) >= 11 is 0. The summed E-state index contributed by atoms with van der Waals surface area (Å²) < 4.78 is 13.5. The highest BCUT2D eigenvalue weighted by atomic mass is 19.1. The highest BCUT2D eigenvalue weighted by Gasteiger charge is 2.26. The Morgan fingerprint density at radius 3 is 3.00 bits per heavy atom. The predicted octanol–water partition coefficient (Wildman–Crippen LogP) is 1.68. The van der Waals surface area contributed by atoms with Gasteiger partial charge in [0, 0.05) is 6.54 Å². The molecule has 0 aromatic heterocycles. The molecule has 4 heteroatoms. The molecule has 2 N–H and O–H groups in total. The Morgan fingerprint density at radius 2 is 2.27 bits per heavy atom. The van der Waals surface area contributed by atoms with Crippen molar-refractivity contribution in [1.29, 1.82) is 0 Å². The molecule has 1 heterocycles. The van der Waals surface area contributed by atoms with Crippen LogP contribution < -0.4 is 10.8 Å². The maximum Gasteiger partial charge on any atom is 0.146 e. The molecule has 1 saturated heterocycles. The first-order valence-electron chi connectivity index (χ1n) is 5.16. The van der Waals surface area contributed by atoms with Crippen LogP contribution in [0.2, 0.25) is 0 Å². The fourth-order valence-electron chi connectivity index (χ4n) is 2.12. The molecular weight excluding hydrogens is 195 g/mol. The van der Waals surface area contributed by atoms with Crippen LogP contribution in [-0.4, -0.2) is 19.2 Å². The van der Waals surface area contributed by atoms with Crippen LogP contribution in [0, 0.1) is 5.82 Å². The summed E-state index contributed by atoms with van der Waals surface area (Å²) in [6.45, 7) is 1.32. The molecular formula is C11H15FN2O. The second-order valence-electron chi connectivity index (χ2n) is 3.77. The third kappa shape index (κ3) is 2.11. The van der Waals surface area contributed by atoms with Gasteiger partial charge in [0.25, 0.3) is 0 Å². The van der Waals surface area contributed by atoms with Crippen molar-refractivity contribution in [1.82, 2.24) is 0 Å². The molecule has 0 aliphatic carbocycles. The summed E-state index contributed by atoms with van der Waals surface area (Å²) in [5.41, 5.74) is 0.650. The van der Waals surface area contributed by atoms with E-state index >= 15 is 0 Å². The zero-order valence-electron chi connectivity index (χ0n) is 8.53. The molecule has 1 aromatic carbocycles. The van der Waals surface area contributed by atoms with Crippen LogP contribution in [0.25, 0.3) is 0 Å². The van der Waals surface area contributed by atoms with Gasteiger partial charge in [-0.05, 0) is 25.0 Å². The van der Waals surface area contributed by atoms with Crippen LogP contribution in [-0.2, 0) is 4.84 Å². The number of hydrogen-bond donors (Lipinski definition) is 1. The number of benzene rings is 1. The van der Waals surface area contributed by atoms with E-state index in [4.69, 9.17) is 5.90 Å². The molecule has 0 radical (unpaired) electrons. The smallest absolute Gasteiger partial charge is 0.146 e. The second-order valence-corrected chi connectivity index (χ2v) is 3.77. The van der Waals surface area contributed by atoms with E-state index in [0.29, 0.717) is 12.3 Å². The monoisotopic (exact) mass is 210 g/mol. The Kier molecular flexibility index (Phi) is 3.18. The van der Waals surface area contributed by atoms with Crippen molar-refractivity contribution in [2.45, 2.75) is 18.9 Å². The summed E-state index contributed by atoms with van der Waals surface area (Å²) in [5, 5.41) is 0. The van der Waals surface area contributed by atoms with E-state index in [2.05, 4.69) is 4.84 Å². The molecule has 1 aliphatic rings. The van der Waals surface area contributed by atoms with E-state index in [1.807, 2.05) is 11.0 Å². The van der Waals surface area contributed by atoms with Gasteiger partial charge in [-0.3, -0.25) is 0 Å². The molecule has 1 atom stereocenters. The second kappa shape index (κ2) is 4.59. The van der Waals surface area contributed by atoms with Gasteiger partial charge in [-0.2, -0.15) is 0 Å². The molecule has 82 valence electrons. The molecule has 2 rings (SSSR count). The van der Waals surface area contributed by atoms with Crippen molar-refractivity contribution in [2.75, 3.05) is 18.1 Å². The third-order valence-corrected chi connectivity index (χ3v) is 2.83. The molecule has 0 spiro atoms. The van der Waals surface area contributed by atoms with Crippen LogP contribution in [0.15, 0.2) is 24.3 Å². The minimum Gasteiger partial charge on any atom is -0.364 e. The lowest BCUT2D eigenvalue weighted by atomic mass is 10.2. The average Bonchev–Trinajstić information content (AvgIpc) is 2.67. The van der Waals surface area contributed by atoms with Crippen LogP contribution in [0.4, 0.5) is 10.1 Å². The van der Waals surface area contributed by atoms with E-state index in [1.165, 1.54) is 6.07 Å². The topological polar surface area (TPSA) is 38.5 Å². The van der Waals surface area contributed by atoms with E-state index < -0.39 is 0 Å². The van der Waals surface area contributed by atoms with Crippen LogP contribution in [0.1, 0.15) is 12.8 Å². The van der Waals surface area contributed by atoms with E-state index in [-0.39, 0.29) is 11.9 Å². The van der Waals surface area contributed by atoms with Gasteiger partial charge in [0.1, 0.15) is 5.82 Å². The lowest BCUT2D eigenvalue weighted by Gasteiger charge is -2.26. The summed E-state index contributed by atoms with van der Waals surface area (Å²) in [5.74, 6) is 4.89. The number of anilines is 1.